The molecule has 0 aromatic heterocycles. The first kappa shape index (κ1) is 14.7. The third-order valence-corrected chi connectivity index (χ3v) is 3.58. The van der Waals surface area contributed by atoms with Gasteiger partial charge in [-0.2, -0.15) is 5.10 Å². The number of amides is 1. The Morgan fingerprint density at radius 3 is 2.52 bits per heavy atom. The predicted octanol–water partition coefficient (Wildman–Crippen LogP) is 2.70. The lowest BCUT2D eigenvalue weighted by molar-refractivity contribution is -0.384. The number of hydrogen-bond acceptors (Lipinski definition) is 5. The van der Waals surface area contributed by atoms with Crippen LogP contribution in [-0.4, -0.2) is 23.6 Å². The normalized spacial score (nSPS) is 13.7. The number of carbonyl (C=O) groups excluding carboxylic acids is 1. The minimum atomic E-state index is -0.501. The molecule has 0 fully saturated rings. The fraction of sp³-hybridized carbons (Fsp3) is 0.125. The molecule has 7 nitrogen and oxygen atoms in total. The number of nitrogens with one attached hydrogen (secondary N) is 1. The van der Waals surface area contributed by atoms with Crippen molar-refractivity contribution in [1.82, 2.24) is 0 Å². The van der Waals surface area contributed by atoms with Crippen molar-refractivity contribution in [3.05, 3.63) is 63.7 Å². The van der Waals surface area contributed by atoms with E-state index in [0.29, 0.717) is 16.9 Å². The molecule has 0 aliphatic carbocycles. The number of nitro groups is 1. The van der Waals surface area contributed by atoms with Gasteiger partial charge in [0.2, 0.25) is 0 Å². The van der Waals surface area contributed by atoms with Gasteiger partial charge >= 0.3 is 0 Å². The molecular formula is C16H14N4O3. The zero-order valence-corrected chi connectivity index (χ0v) is 12.6. The van der Waals surface area contributed by atoms with E-state index in [1.54, 1.807) is 13.1 Å². The third-order valence-electron chi connectivity index (χ3n) is 3.58. The van der Waals surface area contributed by atoms with E-state index in [1.807, 2.05) is 31.2 Å². The maximum absolute atomic E-state index is 12.5. The summed E-state index contributed by atoms with van der Waals surface area (Å²) >= 11 is 0. The molecule has 0 spiro atoms. The highest BCUT2D eigenvalue weighted by Crippen LogP contribution is 2.31. The SMILES string of the molecule is Cc1ccc(C2=NN(C)c3ccc([N+](=O)[O-])cc3NC2=O)cc1. The molecule has 1 aliphatic heterocycles. The first-order valence-electron chi connectivity index (χ1n) is 6.95. The Morgan fingerprint density at radius 2 is 1.87 bits per heavy atom. The maximum atomic E-state index is 12.5. The Bertz CT molecular complexity index is 828. The van der Waals surface area contributed by atoms with Gasteiger partial charge in [0.1, 0.15) is 0 Å². The van der Waals surface area contributed by atoms with Crippen LogP contribution in [0.3, 0.4) is 0 Å². The average molecular weight is 310 g/mol. The van der Waals surface area contributed by atoms with E-state index in [2.05, 4.69) is 10.4 Å². The Labute approximate surface area is 132 Å². The van der Waals surface area contributed by atoms with Crippen molar-refractivity contribution in [2.24, 2.45) is 5.10 Å². The standard InChI is InChI=1S/C16H14N4O3/c1-10-3-5-11(6-4-10)15-16(21)17-13-9-12(20(22)23)7-8-14(13)19(2)18-15/h3-9H,1-2H3,(H,17,21). The van der Waals surface area contributed by atoms with Crippen LogP contribution in [-0.2, 0) is 4.79 Å². The first-order valence-corrected chi connectivity index (χ1v) is 6.95. The minimum absolute atomic E-state index is 0.0868. The molecular weight excluding hydrogens is 296 g/mol. The molecule has 0 atom stereocenters. The number of nitrogens with zero attached hydrogens (tertiary/aromatic N) is 3. The van der Waals surface area contributed by atoms with Crippen LogP contribution in [0.5, 0.6) is 0 Å². The van der Waals surface area contributed by atoms with E-state index in [1.165, 1.54) is 17.1 Å². The Kier molecular flexibility index (Phi) is 3.53. The van der Waals surface area contributed by atoms with Crippen LogP contribution >= 0.6 is 0 Å². The molecule has 7 heteroatoms. The van der Waals surface area contributed by atoms with Gasteiger partial charge in [0, 0.05) is 24.7 Å². The topological polar surface area (TPSA) is 87.8 Å². The van der Waals surface area contributed by atoms with Crippen LogP contribution in [0.25, 0.3) is 0 Å². The van der Waals surface area contributed by atoms with E-state index in [4.69, 9.17) is 0 Å². The first-order chi connectivity index (χ1) is 11.0. The van der Waals surface area contributed by atoms with Crippen LogP contribution in [0, 0.1) is 17.0 Å². The molecule has 3 rings (SSSR count). The van der Waals surface area contributed by atoms with Crippen LogP contribution in [0.1, 0.15) is 11.1 Å². The summed E-state index contributed by atoms with van der Waals surface area (Å²) < 4.78 is 0. The van der Waals surface area contributed by atoms with Crippen molar-refractivity contribution in [1.29, 1.82) is 0 Å². The molecule has 23 heavy (non-hydrogen) atoms. The molecule has 0 bridgehead atoms. The fourth-order valence-corrected chi connectivity index (χ4v) is 2.35. The van der Waals surface area contributed by atoms with Gasteiger partial charge in [-0.1, -0.05) is 29.8 Å². The number of rotatable bonds is 2. The summed E-state index contributed by atoms with van der Waals surface area (Å²) in [5.74, 6) is -0.403. The predicted molar refractivity (Wildman–Crippen MR) is 87.8 cm³/mol. The van der Waals surface area contributed by atoms with Crippen molar-refractivity contribution in [2.75, 3.05) is 17.4 Å². The molecule has 0 saturated carbocycles. The second-order valence-electron chi connectivity index (χ2n) is 5.25. The summed E-state index contributed by atoms with van der Waals surface area (Å²) in [4.78, 5) is 22.9. The van der Waals surface area contributed by atoms with Crippen molar-refractivity contribution in [3.63, 3.8) is 0 Å². The van der Waals surface area contributed by atoms with Gasteiger partial charge in [-0.3, -0.25) is 19.9 Å². The number of aryl methyl sites for hydroxylation is 1. The van der Waals surface area contributed by atoms with Gasteiger partial charge in [0.25, 0.3) is 11.6 Å². The molecule has 2 aromatic rings. The van der Waals surface area contributed by atoms with Crippen molar-refractivity contribution in [2.45, 2.75) is 6.92 Å². The third kappa shape index (κ3) is 2.76. The van der Waals surface area contributed by atoms with Crippen molar-refractivity contribution in [3.8, 4) is 0 Å². The summed E-state index contributed by atoms with van der Waals surface area (Å²) in [6, 6.07) is 11.7. The molecule has 0 unspecified atom stereocenters. The lowest BCUT2D eigenvalue weighted by Crippen LogP contribution is -2.23. The zero-order chi connectivity index (χ0) is 16.6. The number of carbonyl (C=O) groups is 1. The van der Waals surface area contributed by atoms with E-state index < -0.39 is 10.8 Å². The molecule has 1 amide bonds. The number of nitro benzene ring substituents is 1. The lowest BCUT2D eigenvalue weighted by atomic mass is 10.1. The second kappa shape index (κ2) is 5.53. The fourth-order valence-electron chi connectivity index (χ4n) is 2.35. The van der Waals surface area contributed by atoms with Crippen LogP contribution in [0.2, 0.25) is 0 Å². The number of benzene rings is 2. The number of anilines is 2. The molecule has 2 aromatic carbocycles. The maximum Gasteiger partial charge on any atom is 0.276 e. The van der Waals surface area contributed by atoms with Crippen LogP contribution in [0.4, 0.5) is 17.1 Å². The zero-order valence-electron chi connectivity index (χ0n) is 12.6. The monoisotopic (exact) mass is 310 g/mol. The summed E-state index contributed by atoms with van der Waals surface area (Å²) in [5, 5.41) is 19.5. The van der Waals surface area contributed by atoms with Crippen LogP contribution < -0.4 is 10.3 Å². The number of fused-ring (bicyclic) bond motifs is 1. The molecule has 0 saturated heterocycles. The van der Waals surface area contributed by atoms with E-state index in [9.17, 15) is 14.9 Å². The molecule has 0 radical (unpaired) electrons. The quantitative estimate of drug-likeness (QED) is 0.682. The number of hydrazone groups is 1. The van der Waals surface area contributed by atoms with E-state index >= 15 is 0 Å². The largest absolute Gasteiger partial charge is 0.318 e. The highest BCUT2D eigenvalue weighted by atomic mass is 16.6. The van der Waals surface area contributed by atoms with Gasteiger partial charge < -0.3 is 5.32 Å². The average Bonchev–Trinajstić information content (AvgIpc) is 2.64. The Hall–Kier alpha value is -3.22. The minimum Gasteiger partial charge on any atom is -0.318 e. The van der Waals surface area contributed by atoms with Crippen molar-refractivity contribution >= 4 is 28.7 Å². The van der Waals surface area contributed by atoms with Gasteiger partial charge in [0.15, 0.2) is 5.71 Å². The molecule has 116 valence electrons. The lowest BCUT2D eigenvalue weighted by Gasteiger charge is -2.14. The highest BCUT2D eigenvalue weighted by molar-refractivity contribution is 6.49. The highest BCUT2D eigenvalue weighted by Gasteiger charge is 2.23. The summed E-state index contributed by atoms with van der Waals surface area (Å²) in [6.45, 7) is 1.96. The second-order valence-corrected chi connectivity index (χ2v) is 5.25. The number of hydrogen-bond donors (Lipinski definition) is 1. The summed E-state index contributed by atoms with van der Waals surface area (Å²) in [6.07, 6.45) is 0. The smallest absolute Gasteiger partial charge is 0.276 e. The van der Waals surface area contributed by atoms with Gasteiger partial charge in [-0.25, -0.2) is 0 Å². The molecule has 1 heterocycles. The Morgan fingerprint density at radius 1 is 1.17 bits per heavy atom. The number of non-ortho nitro benzene ring substituents is 1. The van der Waals surface area contributed by atoms with E-state index in [0.717, 1.165) is 5.56 Å². The summed E-state index contributed by atoms with van der Waals surface area (Å²) in [5.41, 5.74) is 2.88. The van der Waals surface area contributed by atoms with Gasteiger partial charge in [-0.15, -0.1) is 0 Å². The summed E-state index contributed by atoms with van der Waals surface area (Å²) in [7, 11) is 1.69. The van der Waals surface area contributed by atoms with Gasteiger partial charge in [0.05, 0.1) is 16.3 Å². The van der Waals surface area contributed by atoms with Crippen molar-refractivity contribution < 1.29 is 9.72 Å². The van der Waals surface area contributed by atoms with Crippen LogP contribution in [0.15, 0.2) is 47.6 Å². The van der Waals surface area contributed by atoms with E-state index in [-0.39, 0.29) is 11.4 Å². The molecule has 1 aliphatic rings. The van der Waals surface area contributed by atoms with Gasteiger partial charge in [-0.05, 0) is 13.0 Å². The Balaban J connectivity index is 2.04. The molecule has 1 N–H and O–H groups in total.